The standard InChI is InChI=1S/C14H16ClN3S/c1-9-16-7-11(18-9)8-17-13-4-5-19-14-3-2-10(15)6-12(13)14/h2-3,6-7,13,17H,4-5,8H2,1H3,(H,16,18). The molecule has 3 nitrogen and oxygen atoms in total. The molecule has 1 aliphatic rings. The Kier molecular flexibility index (Phi) is 3.82. The van der Waals surface area contributed by atoms with Crippen molar-refractivity contribution in [2.45, 2.75) is 30.8 Å². The number of hydrogen-bond donors (Lipinski definition) is 2. The van der Waals surface area contributed by atoms with Crippen LogP contribution in [0, 0.1) is 6.92 Å². The number of nitrogens with one attached hydrogen (secondary N) is 2. The molecular weight excluding hydrogens is 278 g/mol. The second kappa shape index (κ2) is 5.57. The summed E-state index contributed by atoms with van der Waals surface area (Å²) in [7, 11) is 0. The number of H-pyrrole nitrogens is 1. The first kappa shape index (κ1) is 13.0. The number of thioether (sulfide) groups is 1. The van der Waals surface area contributed by atoms with Crippen molar-refractivity contribution in [3.63, 3.8) is 0 Å². The Hall–Kier alpha value is -0.970. The molecule has 0 spiro atoms. The van der Waals surface area contributed by atoms with Crippen molar-refractivity contribution in [1.29, 1.82) is 0 Å². The minimum Gasteiger partial charge on any atom is -0.345 e. The van der Waals surface area contributed by atoms with Crippen molar-refractivity contribution in [3.8, 4) is 0 Å². The molecule has 1 aromatic carbocycles. The second-order valence-electron chi connectivity index (χ2n) is 4.75. The number of fused-ring (bicyclic) bond motifs is 1. The average Bonchev–Trinajstić information content (AvgIpc) is 2.82. The summed E-state index contributed by atoms with van der Waals surface area (Å²) in [4.78, 5) is 8.81. The lowest BCUT2D eigenvalue weighted by atomic mass is 10.0. The van der Waals surface area contributed by atoms with Crippen LogP contribution in [0.4, 0.5) is 0 Å². The van der Waals surface area contributed by atoms with Gasteiger partial charge in [0.25, 0.3) is 0 Å². The quantitative estimate of drug-likeness (QED) is 0.906. The number of nitrogens with zero attached hydrogens (tertiary/aromatic N) is 1. The van der Waals surface area contributed by atoms with Gasteiger partial charge in [-0.05, 0) is 42.9 Å². The van der Waals surface area contributed by atoms with Gasteiger partial charge >= 0.3 is 0 Å². The van der Waals surface area contributed by atoms with E-state index in [4.69, 9.17) is 11.6 Å². The van der Waals surface area contributed by atoms with Gasteiger partial charge in [-0.15, -0.1) is 11.8 Å². The predicted octanol–water partition coefficient (Wildman–Crippen LogP) is 3.70. The molecule has 1 aromatic heterocycles. The van der Waals surface area contributed by atoms with Gasteiger partial charge in [-0.3, -0.25) is 0 Å². The number of hydrogen-bond acceptors (Lipinski definition) is 3. The fourth-order valence-corrected chi connectivity index (χ4v) is 3.66. The molecule has 1 unspecified atom stereocenters. The van der Waals surface area contributed by atoms with Gasteiger partial charge in [0.1, 0.15) is 5.82 Å². The number of aromatic nitrogens is 2. The first-order valence-corrected chi connectivity index (χ1v) is 7.75. The van der Waals surface area contributed by atoms with E-state index in [2.05, 4.69) is 27.4 Å². The second-order valence-corrected chi connectivity index (χ2v) is 6.32. The molecular formula is C14H16ClN3S. The van der Waals surface area contributed by atoms with Crippen molar-refractivity contribution in [1.82, 2.24) is 15.3 Å². The van der Waals surface area contributed by atoms with Crippen LogP contribution >= 0.6 is 23.4 Å². The molecule has 0 amide bonds. The fraction of sp³-hybridized carbons (Fsp3) is 0.357. The largest absolute Gasteiger partial charge is 0.345 e. The highest BCUT2D eigenvalue weighted by atomic mass is 35.5. The van der Waals surface area contributed by atoms with Gasteiger partial charge in [0.2, 0.25) is 0 Å². The maximum Gasteiger partial charge on any atom is 0.103 e. The third kappa shape index (κ3) is 2.96. The van der Waals surface area contributed by atoms with E-state index in [1.54, 1.807) is 0 Å². The summed E-state index contributed by atoms with van der Waals surface area (Å²) >= 11 is 8.02. The number of benzene rings is 1. The first-order valence-electron chi connectivity index (χ1n) is 6.38. The maximum absolute atomic E-state index is 6.11. The van der Waals surface area contributed by atoms with E-state index in [9.17, 15) is 0 Å². The fourth-order valence-electron chi connectivity index (χ4n) is 2.37. The van der Waals surface area contributed by atoms with Crippen LogP contribution in [0.3, 0.4) is 0 Å². The normalized spacial score (nSPS) is 18.3. The van der Waals surface area contributed by atoms with Crippen molar-refractivity contribution in [3.05, 3.63) is 46.5 Å². The van der Waals surface area contributed by atoms with Gasteiger partial charge < -0.3 is 10.3 Å². The molecule has 5 heteroatoms. The van der Waals surface area contributed by atoms with E-state index in [0.717, 1.165) is 35.3 Å². The van der Waals surface area contributed by atoms with Crippen molar-refractivity contribution in [2.24, 2.45) is 0 Å². The molecule has 2 aromatic rings. The number of aryl methyl sites for hydroxylation is 1. The highest BCUT2D eigenvalue weighted by molar-refractivity contribution is 7.99. The molecule has 0 saturated carbocycles. The van der Waals surface area contributed by atoms with E-state index in [-0.39, 0.29) is 0 Å². The lowest BCUT2D eigenvalue weighted by Crippen LogP contribution is -2.24. The summed E-state index contributed by atoms with van der Waals surface area (Å²) in [5, 5.41) is 4.40. The zero-order valence-corrected chi connectivity index (χ0v) is 12.3. The molecule has 0 radical (unpaired) electrons. The van der Waals surface area contributed by atoms with Gasteiger partial charge in [-0.1, -0.05) is 11.6 Å². The third-order valence-electron chi connectivity index (χ3n) is 3.31. The monoisotopic (exact) mass is 293 g/mol. The molecule has 0 saturated heterocycles. The molecule has 0 bridgehead atoms. The molecule has 3 rings (SSSR count). The van der Waals surface area contributed by atoms with Crippen LogP contribution < -0.4 is 5.32 Å². The van der Waals surface area contributed by atoms with E-state index in [0.29, 0.717) is 6.04 Å². The third-order valence-corrected chi connectivity index (χ3v) is 4.66. The highest BCUT2D eigenvalue weighted by Crippen LogP contribution is 2.37. The SMILES string of the molecule is Cc1ncc(CNC2CCSc3ccc(Cl)cc32)[nH]1. The molecule has 1 aliphatic heterocycles. The number of imidazole rings is 1. The first-order chi connectivity index (χ1) is 9.22. The topological polar surface area (TPSA) is 40.7 Å². The van der Waals surface area contributed by atoms with Gasteiger partial charge in [0.15, 0.2) is 0 Å². The lowest BCUT2D eigenvalue weighted by Gasteiger charge is -2.26. The Morgan fingerprint density at radius 1 is 1.53 bits per heavy atom. The van der Waals surface area contributed by atoms with Crippen LogP contribution in [0.1, 0.15) is 29.5 Å². The minimum absolute atomic E-state index is 0.374. The minimum atomic E-state index is 0.374. The average molecular weight is 294 g/mol. The van der Waals surface area contributed by atoms with E-state index in [1.165, 1.54) is 10.5 Å². The van der Waals surface area contributed by atoms with Gasteiger partial charge in [0.05, 0.1) is 0 Å². The van der Waals surface area contributed by atoms with Crippen LogP contribution in [0.15, 0.2) is 29.3 Å². The molecule has 2 N–H and O–H groups in total. The zero-order valence-electron chi connectivity index (χ0n) is 10.7. The molecule has 0 fully saturated rings. The van der Waals surface area contributed by atoms with Crippen LogP contribution in [-0.2, 0) is 6.54 Å². The van der Waals surface area contributed by atoms with Gasteiger partial charge in [-0.25, -0.2) is 4.98 Å². The van der Waals surface area contributed by atoms with Crippen molar-refractivity contribution >= 4 is 23.4 Å². The Balaban J connectivity index is 1.74. The molecule has 0 aliphatic carbocycles. The lowest BCUT2D eigenvalue weighted by molar-refractivity contribution is 0.506. The van der Waals surface area contributed by atoms with Crippen molar-refractivity contribution in [2.75, 3.05) is 5.75 Å². The van der Waals surface area contributed by atoms with E-state index in [1.807, 2.05) is 30.9 Å². The Bertz CT molecular complexity index is 582. The predicted molar refractivity (Wildman–Crippen MR) is 79.7 cm³/mol. The molecule has 100 valence electrons. The summed E-state index contributed by atoms with van der Waals surface area (Å²) < 4.78 is 0. The Labute approximate surface area is 122 Å². The van der Waals surface area contributed by atoms with Crippen molar-refractivity contribution < 1.29 is 0 Å². The number of halogens is 1. The van der Waals surface area contributed by atoms with Crippen LogP contribution in [-0.4, -0.2) is 15.7 Å². The Morgan fingerprint density at radius 3 is 3.21 bits per heavy atom. The zero-order chi connectivity index (χ0) is 13.2. The smallest absolute Gasteiger partial charge is 0.103 e. The van der Waals surface area contributed by atoms with Gasteiger partial charge in [0, 0.05) is 34.4 Å². The molecule has 19 heavy (non-hydrogen) atoms. The summed E-state index contributed by atoms with van der Waals surface area (Å²) in [6.45, 7) is 2.78. The summed E-state index contributed by atoms with van der Waals surface area (Å²) in [5.74, 6) is 2.10. The number of aromatic amines is 1. The van der Waals surface area contributed by atoms with Crippen LogP contribution in [0.2, 0.25) is 5.02 Å². The summed E-state index contributed by atoms with van der Waals surface area (Å²) in [6, 6.07) is 6.54. The van der Waals surface area contributed by atoms with Crippen LogP contribution in [0.25, 0.3) is 0 Å². The van der Waals surface area contributed by atoms with E-state index < -0.39 is 0 Å². The van der Waals surface area contributed by atoms with Gasteiger partial charge in [-0.2, -0.15) is 0 Å². The maximum atomic E-state index is 6.11. The summed E-state index contributed by atoms with van der Waals surface area (Å²) in [6.07, 6.45) is 3.02. The molecule has 1 atom stereocenters. The van der Waals surface area contributed by atoms with Crippen LogP contribution in [0.5, 0.6) is 0 Å². The Morgan fingerprint density at radius 2 is 2.42 bits per heavy atom. The summed E-state index contributed by atoms with van der Waals surface area (Å²) in [5.41, 5.74) is 2.44. The number of rotatable bonds is 3. The molecule has 2 heterocycles. The highest BCUT2D eigenvalue weighted by Gasteiger charge is 2.20. The van der Waals surface area contributed by atoms with E-state index >= 15 is 0 Å².